The Bertz CT molecular complexity index is 1460. The molecule has 0 atom stereocenters. The standard InChI is InChI=1S/C24H24N10O3/c1-15(35)27-18-10-8-16(9-11-18)13-26-29-24(36)21-20(34(32-28-21)23-22(25)30-37-31-23)14-33-12-4-6-17-5-2-3-7-19(17)33/h2-3,5,7-11,13H,4,6,12,14H2,1H3,(H2,25,30)(H,27,35)(H,29,36)/b26-13+. The number of benzene rings is 2. The SMILES string of the molecule is CC(=O)Nc1ccc(/C=N/NC(=O)c2nnn(-c3nonc3N)c2CN2CCCc3ccccc32)cc1. The predicted molar refractivity (Wildman–Crippen MR) is 135 cm³/mol. The van der Waals surface area contributed by atoms with Crippen LogP contribution in [0.4, 0.5) is 17.2 Å². The number of aromatic nitrogens is 5. The first-order valence-corrected chi connectivity index (χ1v) is 11.6. The van der Waals surface area contributed by atoms with Crippen molar-refractivity contribution < 1.29 is 14.2 Å². The molecular formula is C24H24N10O3. The molecule has 13 heteroatoms. The van der Waals surface area contributed by atoms with Gasteiger partial charge in [-0.1, -0.05) is 35.5 Å². The number of para-hydroxylation sites is 1. The molecule has 1 aliphatic heterocycles. The van der Waals surface area contributed by atoms with Crippen molar-refractivity contribution in [2.45, 2.75) is 26.3 Å². The molecule has 0 unspecified atom stereocenters. The quantitative estimate of drug-likeness (QED) is 0.253. The summed E-state index contributed by atoms with van der Waals surface area (Å²) in [5.74, 6) is -0.533. The summed E-state index contributed by atoms with van der Waals surface area (Å²) < 4.78 is 6.10. The Morgan fingerprint density at radius 3 is 2.73 bits per heavy atom. The number of aryl methyl sites for hydroxylation is 1. The third-order valence-corrected chi connectivity index (χ3v) is 5.83. The Morgan fingerprint density at radius 2 is 1.97 bits per heavy atom. The number of nitrogens with zero attached hydrogens (tertiary/aromatic N) is 7. The summed E-state index contributed by atoms with van der Waals surface area (Å²) in [4.78, 5) is 26.4. The predicted octanol–water partition coefficient (Wildman–Crippen LogP) is 1.91. The minimum absolute atomic E-state index is 0.0258. The van der Waals surface area contributed by atoms with Crippen LogP contribution < -0.4 is 21.4 Å². The van der Waals surface area contributed by atoms with Crippen LogP contribution in [0.3, 0.4) is 0 Å². The molecule has 0 saturated carbocycles. The second kappa shape index (κ2) is 10.3. The smallest absolute Gasteiger partial charge is 0.293 e. The minimum Gasteiger partial charge on any atom is -0.378 e. The van der Waals surface area contributed by atoms with Crippen molar-refractivity contribution in [2.75, 3.05) is 22.5 Å². The van der Waals surface area contributed by atoms with Gasteiger partial charge in [-0.2, -0.15) is 9.78 Å². The van der Waals surface area contributed by atoms with Gasteiger partial charge in [-0.15, -0.1) is 5.10 Å². The summed E-state index contributed by atoms with van der Waals surface area (Å²) in [5, 5.41) is 22.4. The molecule has 188 valence electrons. The molecular weight excluding hydrogens is 476 g/mol. The van der Waals surface area contributed by atoms with Crippen molar-refractivity contribution in [3.63, 3.8) is 0 Å². The number of hydrogen-bond acceptors (Lipinski definition) is 10. The van der Waals surface area contributed by atoms with Gasteiger partial charge in [-0.3, -0.25) is 9.59 Å². The Kier molecular flexibility index (Phi) is 6.57. The number of amides is 2. The topological polar surface area (TPSA) is 169 Å². The number of hydrazone groups is 1. The molecule has 2 aromatic carbocycles. The monoisotopic (exact) mass is 500 g/mol. The van der Waals surface area contributed by atoms with Gasteiger partial charge in [0, 0.05) is 24.8 Å². The van der Waals surface area contributed by atoms with Crippen LogP contribution in [0.2, 0.25) is 0 Å². The van der Waals surface area contributed by atoms with Gasteiger partial charge < -0.3 is 16.0 Å². The first kappa shape index (κ1) is 23.7. The zero-order valence-corrected chi connectivity index (χ0v) is 20.0. The molecule has 0 bridgehead atoms. The van der Waals surface area contributed by atoms with Gasteiger partial charge in [-0.25, -0.2) is 10.1 Å². The van der Waals surface area contributed by atoms with E-state index < -0.39 is 5.91 Å². The van der Waals surface area contributed by atoms with E-state index in [1.165, 1.54) is 23.4 Å². The van der Waals surface area contributed by atoms with Crippen molar-refractivity contribution in [1.82, 2.24) is 30.7 Å². The number of rotatable bonds is 7. The van der Waals surface area contributed by atoms with Crippen molar-refractivity contribution in [1.29, 1.82) is 0 Å². The zero-order chi connectivity index (χ0) is 25.8. The lowest BCUT2D eigenvalue weighted by molar-refractivity contribution is -0.114. The first-order chi connectivity index (χ1) is 18.0. The molecule has 1 aliphatic rings. The van der Waals surface area contributed by atoms with E-state index in [2.05, 4.69) is 53.5 Å². The van der Waals surface area contributed by atoms with E-state index >= 15 is 0 Å². The van der Waals surface area contributed by atoms with E-state index in [0.717, 1.165) is 30.6 Å². The number of nitrogen functional groups attached to an aromatic ring is 1. The fourth-order valence-corrected chi connectivity index (χ4v) is 4.16. The largest absolute Gasteiger partial charge is 0.378 e. The number of nitrogens with two attached hydrogens (primary N) is 1. The second-order valence-electron chi connectivity index (χ2n) is 8.43. The molecule has 4 N–H and O–H groups in total. The lowest BCUT2D eigenvalue weighted by atomic mass is 10.0. The normalized spacial score (nSPS) is 12.9. The number of anilines is 3. The maximum atomic E-state index is 13.1. The maximum absolute atomic E-state index is 13.1. The van der Waals surface area contributed by atoms with Gasteiger partial charge in [0.2, 0.25) is 17.5 Å². The van der Waals surface area contributed by atoms with E-state index in [1.54, 1.807) is 24.3 Å². The van der Waals surface area contributed by atoms with Crippen LogP contribution in [-0.4, -0.2) is 49.9 Å². The van der Waals surface area contributed by atoms with Crippen LogP contribution in [0.25, 0.3) is 5.82 Å². The molecule has 0 fully saturated rings. The molecule has 2 amide bonds. The molecule has 0 saturated heterocycles. The lowest BCUT2D eigenvalue weighted by Gasteiger charge is -2.31. The molecule has 0 spiro atoms. The number of nitrogens with one attached hydrogen (secondary N) is 2. The number of carbonyl (C=O) groups is 2. The highest BCUT2D eigenvalue weighted by molar-refractivity contribution is 5.94. The fraction of sp³-hybridized carbons (Fsp3) is 0.208. The van der Waals surface area contributed by atoms with Gasteiger partial charge >= 0.3 is 0 Å². The molecule has 4 aromatic rings. The van der Waals surface area contributed by atoms with Gasteiger partial charge in [0.1, 0.15) is 0 Å². The summed E-state index contributed by atoms with van der Waals surface area (Å²) in [6.07, 6.45) is 3.44. The van der Waals surface area contributed by atoms with Gasteiger partial charge in [-0.05, 0) is 52.5 Å². The molecule has 13 nitrogen and oxygen atoms in total. The highest BCUT2D eigenvalue weighted by Crippen LogP contribution is 2.29. The van der Waals surface area contributed by atoms with Crippen LogP contribution in [-0.2, 0) is 17.8 Å². The van der Waals surface area contributed by atoms with Crippen molar-refractivity contribution in [3.8, 4) is 5.82 Å². The summed E-state index contributed by atoms with van der Waals surface area (Å²) in [6, 6.07) is 15.1. The average Bonchev–Trinajstić information content (AvgIpc) is 3.50. The van der Waals surface area contributed by atoms with Crippen LogP contribution in [0.1, 0.15) is 40.7 Å². The molecule has 37 heavy (non-hydrogen) atoms. The van der Waals surface area contributed by atoms with Crippen LogP contribution in [0.5, 0.6) is 0 Å². The highest BCUT2D eigenvalue weighted by atomic mass is 16.6. The molecule has 3 heterocycles. The molecule has 2 aromatic heterocycles. The number of fused-ring (bicyclic) bond motifs is 1. The number of hydrogen-bond donors (Lipinski definition) is 3. The Morgan fingerprint density at radius 1 is 1.16 bits per heavy atom. The molecule has 0 aliphatic carbocycles. The van der Waals surface area contributed by atoms with Crippen molar-refractivity contribution in [3.05, 3.63) is 71.0 Å². The van der Waals surface area contributed by atoms with Crippen LogP contribution in [0.15, 0.2) is 58.3 Å². The Labute approximate surface area is 211 Å². The summed E-state index contributed by atoms with van der Waals surface area (Å²) >= 11 is 0. The van der Waals surface area contributed by atoms with Gasteiger partial charge in [0.15, 0.2) is 5.69 Å². The summed E-state index contributed by atoms with van der Waals surface area (Å²) in [5.41, 5.74) is 12.6. The fourth-order valence-electron chi connectivity index (χ4n) is 4.16. The van der Waals surface area contributed by atoms with E-state index in [0.29, 0.717) is 17.9 Å². The molecule has 5 rings (SSSR count). The third kappa shape index (κ3) is 5.15. The van der Waals surface area contributed by atoms with Crippen molar-refractivity contribution >= 4 is 35.2 Å². The first-order valence-electron chi connectivity index (χ1n) is 11.6. The summed E-state index contributed by atoms with van der Waals surface area (Å²) in [6.45, 7) is 2.56. The lowest BCUT2D eigenvalue weighted by Crippen LogP contribution is -2.31. The maximum Gasteiger partial charge on any atom is 0.293 e. The minimum atomic E-state index is -0.548. The van der Waals surface area contributed by atoms with Crippen LogP contribution in [0, 0.1) is 0 Å². The summed E-state index contributed by atoms with van der Waals surface area (Å²) in [7, 11) is 0. The Hall–Kier alpha value is -5.07. The Balaban J connectivity index is 1.39. The highest BCUT2D eigenvalue weighted by Gasteiger charge is 2.27. The van der Waals surface area contributed by atoms with Crippen molar-refractivity contribution in [2.24, 2.45) is 5.10 Å². The van der Waals surface area contributed by atoms with Gasteiger partial charge in [0.05, 0.1) is 18.5 Å². The van der Waals surface area contributed by atoms with E-state index in [4.69, 9.17) is 10.4 Å². The van der Waals surface area contributed by atoms with Crippen LogP contribution >= 0.6 is 0 Å². The third-order valence-electron chi connectivity index (χ3n) is 5.83. The average molecular weight is 501 g/mol. The van der Waals surface area contributed by atoms with E-state index in [-0.39, 0.29) is 23.2 Å². The zero-order valence-electron chi connectivity index (χ0n) is 20.0. The van der Waals surface area contributed by atoms with Gasteiger partial charge in [0.25, 0.3) is 5.91 Å². The second-order valence-corrected chi connectivity index (χ2v) is 8.43. The van der Waals surface area contributed by atoms with E-state index in [9.17, 15) is 9.59 Å². The number of carbonyl (C=O) groups excluding carboxylic acids is 2. The molecule has 0 radical (unpaired) electrons. The van der Waals surface area contributed by atoms with E-state index in [1.807, 2.05) is 12.1 Å².